The van der Waals surface area contributed by atoms with Crippen LogP contribution in [0.5, 0.6) is 5.75 Å². The van der Waals surface area contributed by atoms with Crippen LogP contribution in [0.3, 0.4) is 0 Å². The number of imidazole rings is 1. The van der Waals surface area contributed by atoms with Gasteiger partial charge in [-0.2, -0.15) is 0 Å². The molecule has 0 bridgehead atoms. The van der Waals surface area contributed by atoms with E-state index in [9.17, 15) is 18.8 Å². The van der Waals surface area contributed by atoms with Crippen molar-refractivity contribution in [1.82, 2.24) is 20.2 Å². The molecule has 0 saturated heterocycles. The second kappa shape index (κ2) is 10.1. The van der Waals surface area contributed by atoms with E-state index < -0.39 is 35.9 Å². The molecule has 2 N–H and O–H groups in total. The third-order valence-electron chi connectivity index (χ3n) is 5.34. The van der Waals surface area contributed by atoms with Gasteiger partial charge in [-0.05, 0) is 18.6 Å². The molecule has 0 aliphatic carbocycles. The highest BCUT2D eigenvalue weighted by atomic mass is 19.1. The van der Waals surface area contributed by atoms with Crippen LogP contribution in [0.15, 0.2) is 24.5 Å². The van der Waals surface area contributed by atoms with E-state index in [1.54, 1.807) is 6.07 Å². The number of ether oxygens (including phenoxy) is 3. The highest BCUT2D eigenvalue weighted by Crippen LogP contribution is 2.35. The number of halogens is 1. The van der Waals surface area contributed by atoms with Gasteiger partial charge in [-0.1, -0.05) is 0 Å². The molecule has 32 heavy (non-hydrogen) atoms. The number of aromatic amines is 1. The Hall–Kier alpha value is -3.63. The molecule has 172 valence electrons. The average Bonchev–Trinajstić information content (AvgIpc) is 3.29. The zero-order valence-electron chi connectivity index (χ0n) is 18.0. The third-order valence-corrected chi connectivity index (χ3v) is 5.34. The predicted octanol–water partition coefficient (Wildman–Crippen LogP) is 1.71. The average molecular weight is 448 g/mol. The summed E-state index contributed by atoms with van der Waals surface area (Å²) >= 11 is 0. The normalized spacial score (nSPS) is 16.0. The zero-order chi connectivity index (χ0) is 23.3. The van der Waals surface area contributed by atoms with E-state index in [1.165, 1.54) is 44.7 Å². The zero-order valence-corrected chi connectivity index (χ0v) is 18.0. The lowest BCUT2D eigenvalue weighted by Gasteiger charge is -2.36. The molecule has 1 aliphatic heterocycles. The maximum Gasteiger partial charge on any atom is 0.328 e. The third kappa shape index (κ3) is 4.82. The SMILES string of the molecule is COC(=O)CCC(NC(=O)N1CCc2[nH]cnc2C1c1ccc(OC)cc1F)C(=O)OC. The van der Waals surface area contributed by atoms with Crippen LogP contribution in [-0.4, -0.2) is 66.8 Å². The monoisotopic (exact) mass is 448 g/mol. The van der Waals surface area contributed by atoms with Gasteiger partial charge in [-0.3, -0.25) is 4.79 Å². The van der Waals surface area contributed by atoms with Crippen LogP contribution in [0.2, 0.25) is 0 Å². The van der Waals surface area contributed by atoms with Gasteiger partial charge in [0, 0.05) is 36.7 Å². The number of nitrogens with one attached hydrogen (secondary N) is 2. The van der Waals surface area contributed by atoms with Crippen molar-refractivity contribution >= 4 is 18.0 Å². The van der Waals surface area contributed by atoms with Crippen LogP contribution in [0.25, 0.3) is 0 Å². The lowest BCUT2D eigenvalue weighted by Crippen LogP contribution is -2.51. The number of fused-ring (bicyclic) bond motifs is 1. The minimum Gasteiger partial charge on any atom is -0.497 e. The second-order valence-electron chi connectivity index (χ2n) is 7.14. The van der Waals surface area contributed by atoms with Gasteiger partial charge in [0.25, 0.3) is 0 Å². The molecule has 2 unspecified atom stereocenters. The number of amides is 2. The molecule has 2 heterocycles. The van der Waals surface area contributed by atoms with Crippen molar-refractivity contribution in [2.24, 2.45) is 0 Å². The Morgan fingerprint density at radius 3 is 2.72 bits per heavy atom. The van der Waals surface area contributed by atoms with Crippen molar-refractivity contribution in [2.75, 3.05) is 27.9 Å². The minimum absolute atomic E-state index is 0.00581. The first-order chi connectivity index (χ1) is 15.4. The molecule has 2 atom stereocenters. The van der Waals surface area contributed by atoms with E-state index >= 15 is 0 Å². The Bertz CT molecular complexity index is 994. The van der Waals surface area contributed by atoms with Crippen LogP contribution in [-0.2, 0) is 25.5 Å². The number of H-pyrrole nitrogens is 1. The minimum atomic E-state index is -1.08. The number of hydrogen-bond acceptors (Lipinski definition) is 7. The molecule has 3 rings (SSSR count). The second-order valence-corrected chi connectivity index (χ2v) is 7.14. The highest BCUT2D eigenvalue weighted by Gasteiger charge is 2.37. The first-order valence-electron chi connectivity index (χ1n) is 9.97. The molecule has 1 aliphatic rings. The van der Waals surface area contributed by atoms with Gasteiger partial charge in [0.15, 0.2) is 0 Å². The maximum atomic E-state index is 15.0. The van der Waals surface area contributed by atoms with Gasteiger partial charge in [0.1, 0.15) is 23.7 Å². The van der Waals surface area contributed by atoms with Gasteiger partial charge in [-0.25, -0.2) is 19.0 Å². The number of hydrogen-bond donors (Lipinski definition) is 2. The molecule has 2 amide bonds. The Labute approximate surface area is 184 Å². The molecular formula is C21H25FN4O6. The summed E-state index contributed by atoms with van der Waals surface area (Å²) in [6.07, 6.45) is 1.88. The summed E-state index contributed by atoms with van der Waals surface area (Å²) in [7, 11) is 3.85. The number of aromatic nitrogens is 2. The lowest BCUT2D eigenvalue weighted by atomic mass is 9.95. The van der Waals surface area contributed by atoms with E-state index in [0.29, 0.717) is 17.9 Å². The van der Waals surface area contributed by atoms with Crippen LogP contribution in [0, 0.1) is 5.82 Å². The fraction of sp³-hybridized carbons (Fsp3) is 0.429. The number of carbonyl (C=O) groups is 3. The number of carbonyl (C=O) groups excluding carboxylic acids is 3. The van der Waals surface area contributed by atoms with E-state index in [2.05, 4.69) is 20.0 Å². The van der Waals surface area contributed by atoms with Crippen LogP contribution in [0.4, 0.5) is 9.18 Å². The summed E-state index contributed by atoms with van der Waals surface area (Å²) in [5.41, 5.74) is 1.54. The molecule has 11 heteroatoms. The van der Waals surface area contributed by atoms with E-state index in [1.807, 2.05) is 0 Å². The molecule has 10 nitrogen and oxygen atoms in total. The van der Waals surface area contributed by atoms with Gasteiger partial charge < -0.3 is 29.4 Å². The smallest absolute Gasteiger partial charge is 0.328 e. The largest absolute Gasteiger partial charge is 0.497 e. The first kappa shape index (κ1) is 23.0. The molecule has 0 spiro atoms. The topological polar surface area (TPSA) is 123 Å². The Morgan fingerprint density at radius 1 is 1.28 bits per heavy atom. The van der Waals surface area contributed by atoms with Crippen molar-refractivity contribution in [3.05, 3.63) is 47.3 Å². The van der Waals surface area contributed by atoms with Gasteiger partial charge in [0.05, 0.1) is 33.4 Å². The van der Waals surface area contributed by atoms with Crippen LogP contribution >= 0.6 is 0 Å². The molecule has 1 aromatic carbocycles. The summed E-state index contributed by atoms with van der Waals surface area (Å²) < 4.78 is 29.4. The summed E-state index contributed by atoms with van der Waals surface area (Å²) in [6.45, 7) is 0.252. The van der Waals surface area contributed by atoms with E-state index in [4.69, 9.17) is 9.47 Å². The lowest BCUT2D eigenvalue weighted by molar-refractivity contribution is -0.144. The van der Waals surface area contributed by atoms with E-state index in [0.717, 1.165) is 5.69 Å². The van der Waals surface area contributed by atoms with Crippen molar-refractivity contribution < 1.29 is 33.0 Å². The number of esters is 2. The maximum absolute atomic E-state index is 15.0. The summed E-state index contributed by atoms with van der Waals surface area (Å²) in [4.78, 5) is 45.6. The molecule has 1 aromatic heterocycles. The van der Waals surface area contributed by atoms with Gasteiger partial charge >= 0.3 is 18.0 Å². The van der Waals surface area contributed by atoms with Crippen molar-refractivity contribution in [2.45, 2.75) is 31.3 Å². The van der Waals surface area contributed by atoms with Gasteiger partial charge in [0.2, 0.25) is 0 Å². The number of rotatable bonds is 7. The summed E-state index contributed by atoms with van der Waals surface area (Å²) in [5, 5.41) is 2.60. The van der Waals surface area contributed by atoms with Crippen molar-refractivity contribution in [3.63, 3.8) is 0 Å². The fourth-order valence-corrected chi connectivity index (χ4v) is 3.65. The number of methoxy groups -OCH3 is 3. The Kier molecular flexibility index (Phi) is 7.29. The van der Waals surface area contributed by atoms with E-state index in [-0.39, 0.29) is 24.9 Å². The fourth-order valence-electron chi connectivity index (χ4n) is 3.65. The van der Waals surface area contributed by atoms with Crippen molar-refractivity contribution in [1.29, 1.82) is 0 Å². The molecular weight excluding hydrogens is 423 g/mol. The van der Waals surface area contributed by atoms with Crippen molar-refractivity contribution in [3.8, 4) is 5.75 Å². The Balaban J connectivity index is 1.89. The number of urea groups is 1. The van der Waals surface area contributed by atoms with Crippen LogP contribution < -0.4 is 10.1 Å². The molecule has 0 saturated carbocycles. The predicted molar refractivity (Wildman–Crippen MR) is 109 cm³/mol. The summed E-state index contributed by atoms with van der Waals surface area (Å²) in [6, 6.07) is 1.86. The first-order valence-corrected chi connectivity index (χ1v) is 9.97. The Morgan fingerprint density at radius 2 is 2.06 bits per heavy atom. The quantitative estimate of drug-likeness (QED) is 0.618. The molecule has 0 fully saturated rings. The molecule has 0 radical (unpaired) electrons. The number of benzene rings is 1. The van der Waals surface area contributed by atoms with Gasteiger partial charge in [-0.15, -0.1) is 0 Å². The highest BCUT2D eigenvalue weighted by molar-refractivity contribution is 5.84. The summed E-state index contributed by atoms with van der Waals surface area (Å²) in [5.74, 6) is -1.44. The number of nitrogens with zero attached hydrogens (tertiary/aromatic N) is 2. The molecule has 2 aromatic rings. The van der Waals surface area contributed by atoms with Crippen LogP contribution in [0.1, 0.15) is 35.8 Å². The standard InChI is InChI=1S/C21H25FN4O6/c1-30-12-4-5-13(14(22)10-12)19-18-15(23-11-24-18)8-9-26(19)21(29)25-16(20(28)32-3)6-7-17(27)31-2/h4-5,10-11,16,19H,6-9H2,1-3H3,(H,23,24)(H,25,29).